The van der Waals surface area contributed by atoms with Gasteiger partial charge < -0.3 is 10.2 Å². The maximum atomic E-state index is 13.9. The van der Waals surface area contributed by atoms with Crippen LogP contribution in [0, 0.1) is 17.4 Å². The monoisotopic (exact) mass is 532 g/mol. The second kappa shape index (κ2) is 10.5. The van der Waals surface area contributed by atoms with Gasteiger partial charge in [-0.05, 0) is 36.6 Å². The smallest absolute Gasteiger partial charge is 0.321 e. The number of amides is 3. The van der Waals surface area contributed by atoms with Gasteiger partial charge in [0.25, 0.3) is 0 Å². The number of hydrogen-bond donors (Lipinski definition) is 3. The molecule has 188 valence electrons. The Morgan fingerprint density at radius 2 is 1.89 bits per heavy atom. The number of piperidine rings is 1. The van der Waals surface area contributed by atoms with Crippen LogP contribution in [0.25, 0.3) is 11.1 Å². The Bertz CT molecular complexity index is 1400. The molecule has 1 saturated heterocycles. The number of sulfonamides is 1. The van der Waals surface area contributed by atoms with Crippen molar-refractivity contribution in [2.45, 2.75) is 18.9 Å². The van der Waals surface area contributed by atoms with Crippen LogP contribution in [0.3, 0.4) is 0 Å². The second-order valence-electron chi connectivity index (χ2n) is 8.25. The van der Waals surface area contributed by atoms with Crippen molar-refractivity contribution in [1.29, 1.82) is 0 Å². The van der Waals surface area contributed by atoms with Gasteiger partial charge in [0.05, 0.1) is 18.1 Å². The molecule has 0 radical (unpaired) electrons. The summed E-state index contributed by atoms with van der Waals surface area (Å²) in [7, 11) is -3.45. The summed E-state index contributed by atoms with van der Waals surface area (Å²) < 4.78 is 39.8. The summed E-state index contributed by atoms with van der Waals surface area (Å²) >= 11 is 4.83. The molecule has 0 saturated carbocycles. The fourth-order valence-corrected chi connectivity index (χ4v) is 4.66. The molecule has 1 aromatic heterocycles. The predicted octanol–water partition coefficient (Wildman–Crippen LogP) is 3.27. The molecular formula is C24H24ClFN5O4S+. The molecule has 1 atom stereocenters. The molecule has 0 spiro atoms. The van der Waals surface area contributed by atoms with Gasteiger partial charge in [0.2, 0.25) is 21.0 Å². The molecule has 2 aromatic carbocycles. The van der Waals surface area contributed by atoms with E-state index < -0.39 is 27.9 Å². The zero-order valence-corrected chi connectivity index (χ0v) is 20.8. The summed E-state index contributed by atoms with van der Waals surface area (Å²) in [6, 6.07) is 13.7. The lowest BCUT2D eigenvalue weighted by Gasteiger charge is -2.32. The Labute approximate surface area is 212 Å². The lowest BCUT2D eigenvalue weighted by molar-refractivity contribution is -0.289. The summed E-state index contributed by atoms with van der Waals surface area (Å²) in [6.45, 7) is 0.473. The van der Waals surface area contributed by atoms with E-state index in [1.54, 1.807) is 53.4 Å². The minimum absolute atomic E-state index is 0.206. The van der Waals surface area contributed by atoms with Crippen LogP contribution in [0.1, 0.15) is 12.8 Å². The van der Waals surface area contributed by atoms with Crippen molar-refractivity contribution in [2.75, 3.05) is 27.7 Å². The number of carbonyl (C=O) groups is 2. The Morgan fingerprint density at radius 3 is 2.58 bits per heavy atom. The molecule has 3 aromatic rings. The number of aromatic nitrogens is 1. The van der Waals surface area contributed by atoms with E-state index >= 15 is 0 Å². The zero-order chi connectivity index (χ0) is 25.9. The fraction of sp³-hybridized carbons (Fsp3) is 0.208. The first-order valence-corrected chi connectivity index (χ1v) is 13.3. The maximum absolute atomic E-state index is 13.9. The van der Waals surface area contributed by atoms with Crippen molar-refractivity contribution < 1.29 is 34.0 Å². The number of carbonyl (C=O) groups excluding carboxylic acids is 2. The Balaban J connectivity index is 1.46. The van der Waals surface area contributed by atoms with Crippen molar-refractivity contribution in [3.8, 4) is 11.1 Å². The van der Waals surface area contributed by atoms with Crippen molar-refractivity contribution >= 4 is 39.2 Å². The molecule has 12 heteroatoms. The van der Waals surface area contributed by atoms with Gasteiger partial charge >= 0.3 is 6.03 Å². The van der Waals surface area contributed by atoms with E-state index in [0.29, 0.717) is 36.3 Å². The molecule has 1 aliphatic heterocycles. The largest absolute Gasteiger partial charge is 0.326 e. The lowest BCUT2D eigenvalue weighted by atomic mass is 10.0. The molecule has 1 fully saturated rings. The minimum atomic E-state index is -3.45. The van der Waals surface area contributed by atoms with Crippen molar-refractivity contribution in [2.24, 2.45) is 0 Å². The van der Waals surface area contributed by atoms with Crippen LogP contribution in [0.15, 0.2) is 60.8 Å². The van der Waals surface area contributed by atoms with E-state index in [-0.39, 0.29) is 16.7 Å². The summed E-state index contributed by atoms with van der Waals surface area (Å²) in [5.74, 6) is -1.33. The number of hydrogen-bond acceptors (Lipinski definition) is 5. The molecule has 1 aliphatic rings. The van der Waals surface area contributed by atoms with E-state index in [1.807, 2.05) is 0 Å². The minimum Gasteiger partial charge on any atom is -0.326 e. The van der Waals surface area contributed by atoms with Gasteiger partial charge in [0, 0.05) is 23.9 Å². The third kappa shape index (κ3) is 6.10. The van der Waals surface area contributed by atoms with Crippen LogP contribution < -0.4 is 20.3 Å². The number of anilines is 3. The van der Waals surface area contributed by atoms with Crippen LogP contribution >= 0.6 is 0 Å². The molecule has 3 N–H and O–H groups in total. The Kier molecular flexibility index (Phi) is 7.41. The quantitative estimate of drug-likeness (QED) is 0.450. The second-order valence-corrected chi connectivity index (χ2v) is 10.5. The van der Waals surface area contributed by atoms with E-state index in [4.69, 9.17) is 11.6 Å². The van der Waals surface area contributed by atoms with Crippen LogP contribution in [0.5, 0.6) is 0 Å². The van der Waals surface area contributed by atoms with Gasteiger partial charge in [-0.3, -0.25) is 14.8 Å². The van der Waals surface area contributed by atoms with Crippen LogP contribution in [0.4, 0.5) is 26.4 Å². The molecule has 0 unspecified atom stereocenters. The van der Waals surface area contributed by atoms with Crippen molar-refractivity contribution in [1.82, 2.24) is 10.3 Å². The highest BCUT2D eigenvalue weighted by molar-refractivity contribution is 7.92. The lowest BCUT2D eigenvalue weighted by Crippen LogP contribution is -2.53. The Hall–Kier alpha value is -3.70. The third-order valence-electron chi connectivity index (χ3n) is 5.50. The number of nitrogens with one attached hydrogen (secondary N) is 3. The number of para-hydroxylation sites is 1. The number of pyridine rings is 1. The average Bonchev–Trinajstić information content (AvgIpc) is 2.82. The predicted molar refractivity (Wildman–Crippen MR) is 133 cm³/mol. The number of urea groups is 1. The van der Waals surface area contributed by atoms with Gasteiger partial charge in [0.15, 0.2) is 23.2 Å². The van der Waals surface area contributed by atoms with Crippen LogP contribution in [-0.2, 0) is 14.8 Å². The number of nitrogens with zero attached hydrogens (tertiary/aromatic N) is 2. The topological polar surface area (TPSA) is 120 Å². The summed E-state index contributed by atoms with van der Waals surface area (Å²) in [6.07, 6.45) is 3.42. The fourth-order valence-electron chi connectivity index (χ4n) is 3.92. The summed E-state index contributed by atoms with van der Waals surface area (Å²) in [4.78, 5) is 30.8. The third-order valence-corrected chi connectivity index (χ3v) is 6.32. The van der Waals surface area contributed by atoms with Crippen molar-refractivity contribution in [3.05, 3.63) is 71.6 Å². The van der Waals surface area contributed by atoms with E-state index in [9.17, 15) is 22.4 Å². The normalized spacial score (nSPS) is 15.9. The summed E-state index contributed by atoms with van der Waals surface area (Å²) in [5.41, 5.74) is 2.55. The molecular weight excluding hydrogens is 509 g/mol. The van der Waals surface area contributed by atoms with E-state index in [0.717, 1.165) is 17.9 Å². The summed E-state index contributed by atoms with van der Waals surface area (Å²) in [5, 5.41) is 5.10. The van der Waals surface area contributed by atoms with E-state index in [2.05, 4.69) is 20.3 Å². The van der Waals surface area contributed by atoms with Gasteiger partial charge in [0.1, 0.15) is 6.04 Å². The molecule has 4 rings (SSSR count). The number of benzene rings is 2. The van der Waals surface area contributed by atoms with E-state index in [1.165, 1.54) is 6.20 Å². The highest BCUT2D eigenvalue weighted by Crippen LogP contribution is 2.31. The molecule has 36 heavy (non-hydrogen) atoms. The Morgan fingerprint density at radius 1 is 1.17 bits per heavy atom. The van der Waals surface area contributed by atoms with Crippen LogP contribution in [0.2, 0.25) is 5.02 Å². The molecule has 3 amide bonds. The molecule has 9 nitrogen and oxygen atoms in total. The average molecular weight is 533 g/mol. The van der Waals surface area contributed by atoms with Gasteiger partial charge in [-0.15, -0.1) is 0 Å². The maximum Gasteiger partial charge on any atom is 0.321 e. The molecule has 0 bridgehead atoms. The SMILES string of the molecule is CS(=O)(=O)Nc1ccccc1-c1ccc(N2CCC[C@@H](NC(=O)Nc3ncc([ClH+])cc3F)C2=O)cc1. The number of halogens is 2. The number of rotatable bonds is 6. The van der Waals surface area contributed by atoms with Gasteiger partial charge in [-0.1, -0.05) is 30.3 Å². The molecule has 0 aliphatic carbocycles. The first-order valence-electron chi connectivity index (χ1n) is 11.0. The highest BCUT2D eigenvalue weighted by atomic mass is 35.5. The highest BCUT2D eigenvalue weighted by Gasteiger charge is 2.31. The molecule has 2 heterocycles. The van der Waals surface area contributed by atoms with Gasteiger partial charge in [-0.2, -0.15) is 0 Å². The first kappa shape index (κ1) is 25.4. The zero-order valence-electron chi connectivity index (χ0n) is 19.2. The van der Waals surface area contributed by atoms with Gasteiger partial charge in [-0.25, -0.2) is 22.6 Å². The first-order chi connectivity index (χ1) is 17.1. The van der Waals surface area contributed by atoms with Crippen molar-refractivity contribution in [3.63, 3.8) is 0 Å². The van der Waals surface area contributed by atoms with Crippen LogP contribution in [-0.4, -0.2) is 44.2 Å². The standard InChI is InChI=1S/C24H23ClFN5O4S/c1-36(34,35)30-20-6-3-2-5-18(20)15-8-10-17(11-9-15)31-12-4-7-21(23(31)32)28-24(33)29-22-19(26)13-16(25)14-27-22/h2-3,5-6,8-11,13-14,21,25,30H,4,7,12H2,1H3,(H-,27,28,29,33)/p+1/t21-/m1/s1.